The Balaban J connectivity index is 1.30. The Labute approximate surface area is 195 Å². The molecule has 2 heterocycles. The Hall–Kier alpha value is -2.16. The van der Waals surface area contributed by atoms with Gasteiger partial charge in [-0.3, -0.25) is 14.5 Å². The standard InChI is InChI=1S/C25H36N2O6/c1-17(24(29)30)13-33-21-6-4-3-5-20(21)18-7-9-19(10-8-18)32-14-22-25(11-12-27(22)2)16-31-15-23(28)26-25/h3-6,17-19,22H,7-16H2,1-2H3,(H,26,28)(H,29,30)/t17?,18-,19+,22?,25?. The maximum atomic E-state index is 12.0. The van der Waals surface area contributed by atoms with Crippen LogP contribution in [-0.2, 0) is 19.1 Å². The quantitative estimate of drug-likeness (QED) is 0.615. The molecule has 3 aliphatic rings. The van der Waals surface area contributed by atoms with Crippen LogP contribution in [0.15, 0.2) is 24.3 Å². The second-order valence-electron chi connectivity index (χ2n) is 9.84. The highest BCUT2D eigenvalue weighted by molar-refractivity contribution is 5.79. The van der Waals surface area contributed by atoms with Crippen molar-refractivity contribution in [2.24, 2.45) is 5.92 Å². The first-order chi connectivity index (χ1) is 15.9. The average molecular weight is 461 g/mol. The molecule has 3 atom stereocenters. The molecule has 3 unspecified atom stereocenters. The number of likely N-dealkylation sites (tertiary alicyclic amines) is 1. The van der Waals surface area contributed by atoms with Crippen molar-refractivity contribution in [3.05, 3.63) is 29.8 Å². The number of likely N-dealkylation sites (N-methyl/N-ethyl adjacent to an activating group) is 1. The van der Waals surface area contributed by atoms with Crippen molar-refractivity contribution in [3.8, 4) is 5.75 Å². The molecule has 0 aromatic heterocycles. The van der Waals surface area contributed by atoms with E-state index < -0.39 is 11.9 Å². The van der Waals surface area contributed by atoms with Crippen molar-refractivity contribution in [2.75, 3.05) is 40.0 Å². The molecule has 2 N–H and O–H groups in total. The van der Waals surface area contributed by atoms with Gasteiger partial charge in [-0.25, -0.2) is 0 Å². The molecule has 33 heavy (non-hydrogen) atoms. The first kappa shape index (κ1) is 24.0. The zero-order valence-electron chi connectivity index (χ0n) is 19.6. The summed E-state index contributed by atoms with van der Waals surface area (Å²) in [6.07, 6.45) is 5.03. The molecule has 2 saturated heterocycles. The summed E-state index contributed by atoms with van der Waals surface area (Å²) in [5, 5.41) is 12.3. The molecule has 182 valence electrons. The minimum absolute atomic E-state index is 0.0410. The maximum absolute atomic E-state index is 12.0. The molecule has 0 bridgehead atoms. The number of carboxylic acid groups (broad SMARTS) is 1. The van der Waals surface area contributed by atoms with Crippen LogP contribution in [0, 0.1) is 5.92 Å². The number of amides is 1. The van der Waals surface area contributed by atoms with E-state index in [2.05, 4.69) is 23.3 Å². The molecule has 0 radical (unpaired) electrons. The number of aliphatic carboxylic acids is 1. The van der Waals surface area contributed by atoms with E-state index in [9.17, 15) is 9.59 Å². The second kappa shape index (κ2) is 10.4. The fourth-order valence-corrected chi connectivity index (χ4v) is 5.40. The van der Waals surface area contributed by atoms with E-state index in [-0.39, 0.29) is 36.8 Å². The number of nitrogens with zero attached hydrogens (tertiary/aromatic N) is 1. The van der Waals surface area contributed by atoms with Crippen LogP contribution < -0.4 is 10.1 Å². The zero-order chi connectivity index (χ0) is 23.4. The van der Waals surface area contributed by atoms with Crippen molar-refractivity contribution in [2.45, 2.75) is 62.6 Å². The van der Waals surface area contributed by atoms with Gasteiger partial charge in [-0.1, -0.05) is 18.2 Å². The van der Waals surface area contributed by atoms with Crippen LogP contribution in [-0.4, -0.2) is 79.6 Å². The number of nitrogens with one attached hydrogen (secondary N) is 1. The molecule has 8 nitrogen and oxygen atoms in total. The van der Waals surface area contributed by atoms with Gasteiger partial charge in [-0.2, -0.15) is 0 Å². The smallest absolute Gasteiger partial charge is 0.309 e. The number of benzene rings is 1. The molecule has 8 heteroatoms. The SMILES string of the molecule is CC(COc1ccccc1[C@H]1CC[C@@H](OCC2N(C)CCC23COCC(=O)N3)CC1)C(=O)O. The number of morpholine rings is 1. The van der Waals surface area contributed by atoms with Gasteiger partial charge in [0.25, 0.3) is 0 Å². The Morgan fingerprint density at radius 3 is 2.79 bits per heavy atom. The lowest BCUT2D eigenvalue weighted by Crippen LogP contribution is -2.64. The molecule has 1 aliphatic carbocycles. The number of hydrogen-bond donors (Lipinski definition) is 2. The van der Waals surface area contributed by atoms with Crippen molar-refractivity contribution in [3.63, 3.8) is 0 Å². The number of carboxylic acids is 1. The normalized spacial score (nSPS) is 31.3. The Bertz CT molecular complexity index is 836. The number of para-hydroxylation sites is 1. The summed E-state index contributed by atoms with van der Waals surface area (Å²) in [7, 11) is 2.09. The summed E-state index contributed by atoms with van der Waals surface area (Å²) in [5.74, 6) is -0.260. The molecule has 1 aromatic carbocycles. The van der Waals surface area contributed by atoms with Gasteiger partial charge >= 0.3 is 5.97 Å². The lowest BCUT2D eigenvalue weighted by Gasteiger charge is -2.41. The minimum Gasteiger partial charge on any atom is -0.492 e. The van der Waals surface area contributed by atoms with E-state index >= 15 is 0 Å². The largest absolute Gasteiger partial charge is 0.492 e. The van der Waals surface area contributed by atoms with E-state index in [4.69, 9.17) is 19.3 Å². The number of carbonyl (C=O) groups is 2. The fourth-order valence-electron chi connectivity index (χ4n) is 5.40. The van der Waals surface area contributed by atoms with E-state index in [1.54, 1.807) is 6.92 Å². The topological polar surface area (TPSA) is 97.3 Å². The molecule has 3 fully saturated rings. The van der Waals surface area contributed by atoms with Crippen LogP contribution in [0.3, 0.4) is 0 Å². The van der Waals surface area contributed by atoms with Crippen LogP contribution in [0.5, 0.6) is 5.75 Å². The summed E-state index contributed by atoms with van der Waals surface area (Å²) in [6, 6.07) is 8.09. The Morgan fingerprint density at radius 1 is 1.30 bits per heavy atom. The number of hydrogen-bond acceptors (Lipinski definition) is 6. The van der Waals surface area contributed by atoms with Crippen LogP contribution in [0.25, 0.3) is 0 Å². The first-order valence-electron chi connectivity index (χ1n) is 12.0. The molecule has 1 amide bonds. The van der Waals surface area contributed by atoms with E-state index in [1.807, 2.05) is 18.2 Å². The second-order valence-corrected chi connectivity index (χ2v) is 9.84. The molecule has 1 saturated carbocycles. The van der Waals surface area contributed by atoms with Gasteiger partial charge in [0, 0.05) is 6.54 Å². The van der Waals surface area contributed by atoms with Gasteiger partial charge in [0.15, 0.2) is 0 Å². The summed E-state index contributed by atoms with van der Waals surface area (Å²) < 4.78 is 17.8. The number of rotatable bonds is 8. The van der Waals surface area contributed by atoms with Crippen LogP contribution >= 0.6 is 0 Å². The van der Waals surface area contributed by atoms with Gasteiger partial charge in [0.1, 0.15) is 19.0 Å². The predicted octanol–water partition coefficient (Wildman–Crippen LogP) is 2.42. The van der Waals surface area contributed by atoms with E-state index in [1.165, 1.54) is 0 Å². The predicted molar refractivity (Wildman–Crippen MR) is 122 cm³/mol. The van der Waals surface area contributed by atoms with Gasteiger partial charge in [0.05, 0.1) is 36.8 Å². The molecule has 1 spiro atoms. The minimum atomic E-state index is -0.848. The number of carbonyl (C=O) groups excluding carboxylic acids is 1. The third-order valence-corrected chi connectivity index (χ3v) is 7.49. The first-order valence-corrected chi connectivity index (χ1v) is 12.0. The molecule has 2 aliphatic heterocycles. The van der Waals surface area contributed by atoms with Crippen LogP contribution in [0.2, 0.25) is 0 Å². The number of ether oxygens (including phenoxy) is 3. The molecule has 4 rings (SSSR count). The summed E-state index contributed by atoms with van der Waals surface area (Å²) in [4.78, 5) is 25.3. The lowest BCUT2D eigenvalue weighted by atomic mass is 9.82. The van der Waals surface area contributed by atoms with Crippen molar-refractivity contribution < 1.29 is 28.9 Å². The third kappa shape index (κ3) is 5.50. The maximum Gasteiger partial charge on any atom is 0.309 e. The summed E-state index contributed by atoms with van der Waals surface area (Å²) in [6.45, 7) is 4.01. The van der Waals surface area contributed by atoms with Crippen molar-refractivity contribution in [1.82, 2.24) is 10.2 Å². The molecular formula is C25H36N2O6. The lowest BCUT2D eigenvalue weighted by molar-refractivity contribution is -0.142. The summed E-state index contributed by atoms with van der Waals surface area (Å²) >= 11 is 0. The average Bonchev–Trinajstić information content (AvgIpc) is 3.10. The van der Waals surface area contributed by atoms with Crippen molar-refractivity contribution >= 4 is 11.9 Å². The highest BCUT2D eigenvalue weighted by Crippen LogP contribution is 2.39. The molecule has 1 aromatic rings. The fraction of sp³-hybridized carbons (Fsp3) is 0.680. The van der Waals surface area contributed by atoms with Gasteiger partial charge < -0.3 is 24.6 Å². The Morgan fingerprint density at radius 2 is 2.06 bits per heavy atom. The molecular weight excluding hydrogens is 424 g/mol. The van der Waals surface area contributed by atoms with Gasteiger partial charge in [-0.15, -0.1) is 0 Å². The monoisotopic (exact) mass is 460 g/mol. The highest BCUT2D eigenvalue weighted by atomic mass is 16.5. The van der Waals surface area contributed by atoms with Crippen molar-refractivity contribution in [1.29, 1.82) is 0 Å². The highest BCUT2D eigenvalue weighted by Gasteiger charge is 2.49. The Kier molecular flexibility index (Phi) is 7.56. The zero-order valence-corrected chi connectivity index (χ0v) is 19.6. The van der Waals surface area contributed by atoms with Gasteiger partial charge in [0.2, 0.25) is 5.91 Å². The van der Waals surface area contributed by atoms with Crippen LogP contribution in [0.4, 0.5) is 0 Å². The van der Waals surface area contributed by atoms with E-state index in [0.717, 1.165) is 50.0 Å². The summed E-state index contributed by atoms with van der Waals surface area (Å²) in [5.41, 5.74) is 0.815. The van der Waals surface area contributed by atoms with Crippen LogP contribution in [0.1, 0.15) is 50.5 Å². The van der Waals surface area contributed by atoms with Gasteiger partial charge in [-0.05, 0) is 63.6 Å². The van der Waals surface area contributed by atoms with E-state index in [0.29, 0.717) is 19.1 Å². The third-order valence-electron chi connectivity index (χ3n) is 7.49.